The van der Waals surface area contributed by atoms with Gasteiger partial charge in [-0.05, 0) is 114 Å². The van der Waals surface area contributed by atoms with Gasteiger partial charge in [0.25, 0.3) is 6.71 Å². The second-order valence-electron chi connectivity index (χ2n) is 23.4. The quantitative estimate of drug-likeness (QED) is 0.128. The van der Waals surface area contributed by atoms with Crippen molar-refractivity contribution < 1.29 is 0 Å². The van der Waals surface area contributed by atoms with E-state index in [0.717, 1.165) is 117 Å². The molecule has 9 nitrogen and oxygen atoms in total. The van der Waals surface area contributed by atoms with E-state index < -0.39 is 0 Å². The molecule has 13 aromatic rings. The van der Waals surface area contributed by atoms with Crippen molar-refractivity contribution in [1.82, 2.24) is 4.90 Å². The lowest BCUT2D eigenvalue weighted by atomic mass is 9.33. The van der Waals surface area contributed by atoms with Crippen LogP contribution in [0.5, 0.6) is 0 Å². The van der Waals surface area contributed by atoms with Crippen LogP contribution in [0, 0.1) is 0 Å². The average molecular weight is 1170 g/mol. The molecule has 0 bridgehead atoms. The number of guanidine groups is 3. The van der Waals surface area contributed by atoms with Crippen LogP contribution in [0.15, 0.2) is 345 Å². The number of nitrogens with zero attached hydrogens (tertiary/aromatic N) is 9. The van der Waals surface area contributed by atoms with Gasteiger partial charge in [-0.1, -0.05) is 273 Å². The zero-order valence-corrected chi connectivity index (χ0v) is 49.6. The van der Waals surface area contributed by atoms with Gasteiger partial charge >= 0.3 is 0 Å². The molecule has 0 fully saturated rings. The van der Waals surface area contributed by atoms with Crippen LogP contribution in [0.4, 0.5) is 34.1 Å². The number of anilines is 6. The Bertz CT molecular complexity index is 5100. The Kier molecular flexibility index (Phi) is 12.4. The predicted octanol–water partition coefficient (Wildman–Crippen LogP) is 17.3. The SMILES string of the molecule is c1ccc(C2=NC3=NC(c4ccccc4)=NC4=NC(c5ccc(-c6cc7c8c(c6)N(c6ccccc6-c6ccccc6)c6ccc(-c9ccccc9)cc6B8c6cc(-c8ccccc8)ccc6N7c6ccccc6-c6ccccc6)c6ccccc56)=NC(=N2)N34)cc1. The number of hydrogen-bond donors (Lipinski definition) is 0. The fourth-order valence-electron chi connectivity index (χ4n) is 13.9. The molecule has 428 valence electrons. The summed E-state index contributed by atoms with van der Waals surface area (Å²) in [5.41, 5.74) is 24.0. The van der Waals surface area contributed by atoms with Crippen molar-refractivity contribution in [2.75, 3.05) is 9.80 Å². The first-order chi connectivity index (χ1) is 45.6. The summed E-state index contributed by atoms with van der Waals surface area (Å²) in [4.78, 5) is 37.6. The van der Waals surface area contributed by atoms with E-state index in [1.807, 2.05) is 60.7 Å². The second kappa shape index (κ2) is 21.7. The van der Waals surface area contributed by atoms with Gasteiger partial charge in [0.1, 0.15) is 0 Å². The molecule has 10 heteroatoms. The summed E-state index contributed by atoms with van der Waals surface area (Å²) in [6, 6.07) is 113. The van der Waals surface area contributed by atoms with Crippen molar-refractivity contribution in [3.05, 3.63) is 332 Å². The van der Waals surface area contributed by atoms with E-state index in [4.69, 9.17) is 30.0 Å². The molecule has 18 rings (SSSR count). The minimum atomic E-state index is -0.195. The molecule has 0 radical (unpaired) electrons. The molecule has 0 unspecified atom stereocenters. The Labute approximate surface area is 532 Å². The number of amidine groups is 3. The van der Waals surface area contributed by atoms with E-state index in [-0.39, 0.29) is 6.71 Å². The van der Waals surface area contributed by atoms with E-state index in [1.165, 1.54) is 16.4 Å². The zero-order chi connectivity index (χ0) is 60.6. The van der Waals surface area contributed by atoms with Crippen LogP contribution >= 0.6 is 0 Å². The van der Waals surface area contributed by atoms with Gasteiger partial charge in [-0.25, -0.2) is 4.90 Å². The monoisotopic (exact) mass is 1170 g/mol. The van der Waals surface area contributed by atoms with Crippen LogP contribution in [0.25, 0.3) is 66.4 Å². The van der Waals surface area contributed by atoms with Crippen LogP contribution in [-0.2, 0) is 0 Å². The number of rotatable bonds is 10. The fourth-order valence-corrected chi connectivity index (χ4v) is 13.9. The van der Waals surface area contributed by atoms with Crippen molar-refractivity contribution in [2.24, 2.45) is 30.0 Å². The van der Waals surface area contributed by atoms with Crippen molar-refractivity contribution >= 4 is 103 Å². The molecule has 92 heavy (non-hydrogen) atoms. The molecule has 5 heterocycles. The molecule has 0 N–H and O–H groups in total. The lowest BCUT2D eigenvalue weighted by molar-refractivity contribution is 0.828. The van der Waals surface area contributed by atoms with E-state index in [1.54, 1.807) is 4.90 Å². The van der Waals surface area contributed by atoms with Gasteiger partial charge in [0, 0.05) is 50.6 Å². The molecule has 0 spiro atoms. The number of hydrogen-bond acceptors (Lipinski definition) is 9. The van der Waals surface area contributed by atoms with Crippen LogP contribution in [0.1, 0.15) is 16.7 Å². The summed E-state index contributed by atoms with van der Waals surface area (Å²) in [5.74, 6) is 2.69. The van der Waals surface area contributed by atoms with Crippen LogP contribution in [0.2, 0.25) is 0 Å². The number of fused-ring (bicyclic) bond motifs is 5. The Hall–Kier alpha value is -12.4. The van der Waals surface area contributed by atoms with Gasteiger partial charge in [0.15, 0.2) is 17.5 Å². The summed E-state index contributed by atoms with van der Waals surface area (Å²) in [6.07, 6.45) is 0. The average Bonchev–Trinajstić information content (AvgIpc) is 0.694. The van der Waals surface area contributed by atoms with Crippen LogP contribution < -0.4 is 26.2 Å². The summed E-state index contributed by atoms with van der Waals surface area (Å²) in [7, 11) is 0. The second-order valence-corrected chi connectivity index (χ2v) is 23.4. The highest BCUT2D eigenvalue weighted by Crippen LogP contribution is 2.51. The third kappa shape index (κ3) is 8.79. The first-order valence-corrected chi connectivity index (χ1v) is 31.0. The molecule has 13 aromatic carbocycles. The minimum Gasteiger partial charge on any atom is -0.311 e. The van der Waals surface area contributed by atoms with E-state index in [2.05, 4.69) is 265 Å². The molecule has 0 saturated carbocycles. The number of benzene rings is 13. The molecular weight excluding hydrogens is 1120 g/mol. The third-order valence-corrected chi connectivity index (χ3v) is 18.1. The summed E-state index contributed by atoms with van der Waals surface area (Å²) < 4.78 is 0. The van der Waals surface area contributed by atoms with Gasteiger partial charge < -0.3 is 9.80 Å². The van der Waals surface area contributed by atoms with Crippen molar-refractivity contribution in [3.8, 4) is 55.6 Å². The fraction of sp³-hybridized carbons (Fsp3) is 0. The highest BCUT2D eigenvalue weighted by molar-refractivity contribution is 7.00. The maximum atomic E-state index is 5.29. The molecule has 0 aliphatic carbocycles. The Morgan fingerprint density at radius 1 is 0.207 bits per heavy atom. The molecule has 0 amide bonds. The Morgan fingerprint density at radius 2 is 0.565 bits per heavy atom. The molecule has 0 saturated heterocycles. The molecule has 0 atom stereocenters. The largest absolute Gasteiger partial charge is 0.311 e. The first kappa shape index (κ1) is 52.7. The molecular formula is C82H52BN9. The number of aliphatic imine (C=N–C) groups is 6. The summed E-state index contributed by atoms with van der Waals surface area (Å²) in [5, 5.41) is 2.02. The maximum Gasteiger partial charge on any atom is 0.252 e. The third-order valence-electron chi connectivity index (χ3n) is 18.1. The van der Waals surface area contributed by atoms with E-state index in [9.17, 15) is 0 Å². The highest BCUT2D eigenvalue weighted by atomic mass is 15.5. The van der Waals surface area contributed by atoms with Gasteiger partial charge in [-0.3, -0.25) is 0 Å². The van der Waals surface area contributed by atoms with Crippen molar-refractivity contribution in [2.45, 2.75) is 0 Å². The Balaban J connectivity index is 0.906. The predicted molar refractivity (Wildman–Crippen MR) is 382 cm³/mol. The minimum absolute atomic E-state index is 0.195. The Morgan fingerprint density at radius 3 is 1.02 bits per heavy atom. The van der Waals surface area contributed by atoms with Crippen LogP contribution in [0.3, 0.4) is 0 Å². The van der Waals surface area contributed by atoms with Gasteiger partial charge in [0.05, 0.1) is 11.4 Å². The van der Waals surface area contributed by atoms with E-state index in [0.29, 0.717) is 35.4 Å². The molecule has 0 aromatic heterocycles. The van der Waals surface area contributed by atoms with Gasteiger partial charge in [-0.2, -0.15) is 30.0 Å². The number of para-hydroxylation sites is 2. The molecule has 5 aliphatic heterocycles. The van der Waals surface area contributed by atoms with Crippen molar-refractivity contribution in [1.29, 1.82) is 0 Å². The zero-order valence-electron chi connectivity index (χ0n) is 49.6. The summed E-state index contributed by atoms with van der Waals surface area (Å²) >= 11 is 0. The van der Waals surface area contributed by atoms with Gasteiger partial charge in [0.2, 0.25) is 17.9 Å². The lowest BCUT2D eigenvalue weighted by Crippen LogP contribution is -2.61. The normalized spacial score (nSPS) is 14.2. The van der Waals surface area contributed by atoms with E-state index >= 15 is 0 Å². The highest BCUT2D eigenvalue weighted by Gasteiger charge is 2.45. The topological polar surface area (TPSA) is 83.9 Å². The molecule has 5 aliphatic rings. The lowest BCUT2D eigenvalue weighted by Gasteiger charge is -2.45. The standard InChI is InChI=1S/C82H52BN9/c1-7-25-53(26-8-1)59-43-47-72-68(49-59)83-69-50-60(54-27-9-2-10-28-54)44-48-73(69)91(71-42-24-22-38-64(71)56-31-13-4-14-32-56)75-52-61(51-74(76(75)83)90(72)70-41-23-21-37-63(70)55-29-11-3-12-30-55)62-45-46-67(66-40-20-19-39-65(62)66)79-88-81-86-77(57-33-15-5-16-34-57)84-80-85-78(58-35-17-6-18-36-58)87-82(89-79)92(80)81/h1-52H. The van der Waals surface area contributed by atoms with Crippen LogP contribution in [-0.4, -0.2) is 47.0 Å². The van der Waals surface area contributed by atoms with Gasteiger partial charge in [-0.15, -0.1) is 0 Å². The van der Waals surface area contributed by atoms with Crippen molar-refractivity contribution in [3.63, 3.8) is 0 Å². The summed E-state index contributed by atoms with van der Waals surface area (Å²) in [6.45, 7) is -0.195. The smallest absolute Gasteiger partial charge is 0.252 e. The maximum absolute atomic E-state index is 5.29. The first-order valence-electron chi connectivity index (χ1n) is 31.0.